The average molecular weight is 248 g/mol. The zero-order valence-corrected chi connectivity index (χ0v) is 10.4. The van der Waals surface area contributed by atoms with Crippen molar-refractivity contribution in [3.8, 4) is 17.6 Å². The summed E-state index contributed by atoms with van der Waals surface area (Å²) in [5, 5.41) is 27.4. The second kappa shape index (κ2) is 5.92. The Labute approximate surface area is 106 Å². The Hall–Kier alpha value is -2.22. The number of aromatic hydroxyl groups is 2. The van der Waals surface area contributed by atoms with Gasteiger partial charge in [0.05, 0.1) is 18.1 Å². The van der Waals surface area contributed by atoms with Crippen LogP contribution in [0.1, 0.15) is 30.6 Å². The minimum Gasteiger partial charge on any atom is -0.508 e. The Morgan fingerprint density at radius 3 is 2.61 bits per heavy atom. The lowest BCUT2D eigenvalue weighted by Crippen LogP contribution is -2.37. The zero-order chi connectivity index (χ0) is 13.7. The third-order valence-corrected chi connectivity index (χ3v) is 2.56. The molecular weight excluding hydrogens is 232 g/mol. The molecule has 5 heteroatoms. The number of rotatable bonds is 4. The van der Waals surface area contributed by atoms with Gasteiger partial charge >= 0.3 is 0 Å². The number of carbonyl (C=O) groups is 1. The Morgan fingerprint density at radius 1 is 1.44 bits per heavy atom. The van der Waals surface area contributed by atoms with Crippen molar-refractivity contribution in [2.75, 3.05) is 6.54 Å². The van der Waals surface area contributed by atoms with E-state index in [0.717, 1.165) is 6.07 Å². The highest BCUT2D eigenvalue weighted by atomic mass is 16.3. The minimum absolute atomic E-state index is 0.0703. The summed E-state index contributed by atoms with van der Waals surface area (Å²) in [5.74, 6) is -0.711. The highest BCUT2D eigenvalue weighted by molar-refractivity contribution is 5.97. The van der Waals surface area contributed by atoms with E-state index in [2.05, 4.69) is 0 Å². The summed E-state index contributed by atoms with van der Waals surface area (Å²) in [7, 11) is 0. The van der Waals surface area contributed by atoms with Crippen LogP contribution in [-0.4, -0.2) is 33.6 Å². The number of carbonyl (C=O) groups excluding carboxylic acids is 1. The Morgan fingerprint density at radius 2 is 2.11 bits per heavy atom. The van der Waals surface area contributed by atoms with Crippen molar-refractivity contribution >= 4 is 5.91 Å². The predicted octanol–water partition coefficient (Wildman–Crippen LogP) is 1.86. The number of amides is 1. The van der Waals surface area contributed by atoms with Gasteiger partial charge in [0.2, 0.25) is 0 Å². The van der Waals surface area contributed by atoms with E-state index in [0.29, 0.717) is 6.54 Å². The zero-order valence-electron chi connectivity index (χ0n) is 10.4. The van der Waals surface area contributed by atoms with Gasteiger partial charge in [0.1, 0.15) is 11.5 Å². The molecule has 1 aromatic carbocycles. The molecule has 0 saturated carbocycles. The van der Waals surface area contributed by atoms with E-state index in [-0.39, 0.29) is 35.4 Å². The maximum atomic E-state index is 12.2. The van der Waals surface area contributed by atoms with Crippen molar-refractivity contribution in [3.05, 3.63) is 23.8 Å². The Bertz CT molecular complexity index is 478. The third-order valence-electron chi connectivity index (χ3n) is 2.56. The maximum absolute atomic E-state index is 12.2. The molecule has 1 aromatic rings. The van der Waals surface area contributed by atoms with Crippen molar-refractivity contribution in [1.82, 2.24) is 4.90 Å². The Kier molecular flexibility index (Phi) is 4.55. The molecular formula is C13H16N2O3. The summed E-state index contributed by atoms with van der Waals surface area (Å²) >= 11 is 0. The van der Waals surface area contributed by atoms with Crippen LogP contribution in [0.5, 0.6) is 11.5 Å². The molecule has 1 amide bonds. The van der Waals surface area contributed by atoms with Crippen LogP contribution in [0, 0.1) is 11.3 Å². The number of phenolic OH excluding ortho intramolecular Hbond substituents is 2. The molecule has 1 rings (SSSR count). The Balaban J connectivity index is 2.99. The fourth-order valence-corrected chi connectivity index (χ4v) is 1.62. The lowest BCUT2D eigenvalue weighted by atomic mass is 10.1. The van der Waals surface area contributed by atoms with Crippen LogP contribution >= 0.6 is 0 Å². The summed E-state index contributed by atoms with van der Waals surface area (Å²) in [6.07, 6.45) is 0.239. The van der Waals surface area contributed by atoms with Gasteiger partial charge in [0, 0.05) is 18.7 Å². The van der Waals surface area contributed by atoms with E-state index >= 15 is 0 Å². The molecule has 0 heterocycles. The standard InChI is InChI=1S/C13H16N2O3/c1-9(2)15(7-3-6-14)13(18)11-5-4-10(16)8-12(11)17/h4-5,8-9,16-17H,3,7H2,1-2H3. The fraction of sp³-hybridized carbons (Fsp3) is 0.385. The van der Waals surface area contributed by atoms with Crippen molar-refractivity contribution in [3.63, 3.8) is 0 Å². The summed E-state index contributed by atoms with van der Waals surface area (Å²) in [5.41, 5.74) is 0.124. The largest absolute Gasteiger partial charge is 0.508 e. The highest BCUT2D eigenvalue weighted by Crippen LogP contribution is 2.24. The molecule has 0 aromatic heterocycles. The quantitative estimate of drug-likeness (QED) is 0.851. The number of hydrogen-bond donors (Lipinski definition) is 2. The molecule has 0 radical (unpaired) electrons. The molecule has 0 bridgehead atoms. The van der Waals surface area contributed by atoms with Gasteiger partial charge < -0.3 is 15.1 Å². The van der Waals surface area contributed by atoms with E-state index in [1.165, 1.54) is 17.0 Å². The van der Waals surface area contributed by atoms with Crippen LogP contribution in [0.2, 0.25) is 0 Å². The van der Waals surface area contributed by atoms with Crippen molar-refractivity contribution in [2.45, 2.75) is 26.3 Å². The van der Waals surface area contributed by atoms with E-state index in [1.54, 1.807) is 0 Å². The monoisotopic (exact) mass is 248 g/mol. The van der Waals surface area contributed by atoms with Crippen LogP contribution in [0.15, 0.2) is 18.2 Å². The first kappa shape index (κ1) is 13.8. The van der Waals surface area contributed by atoms with Gasteiger partial charge in [0.15, 0.2) is 0 Å². The van der Waals surface area contributed by atoms with Gasteiger partial charge in [-0.25, -0.2) is 0 Å². The number of nitriles is 1. The molecule has 5 nitrogen and oxygen atoms in total. The predicted molar refractivity (Wildman–Crippen MR) is 66.2 cm³/mol. The molecule has 18 heavy (non-hydrogen) atoms. The summed E-state index contributed by atoms with van der Waals surface area (Å²) in [6, 6.07) is 5.75. The second-order valence-corrected chi connectivity index (χ2v) is 4.20. The number of nitrogens with zero attached hydrogens (tertiary/aromatic N) is 2. The van der Waals surface area contributed by atoms with Crippen LogP contribution < -0.4 is 0 Å². The van der Waals surface area contributed by atoms with Gasteiger partial charge in [-0.1, -0.05) is 0 Å². The number of hydrogen-bond acceptors (Lipinski definition) is 4. The lowest BCUT2D eigenvalue weighted by Gasteiger charge is -2.26. The smallest absolute Gasteiger partial charge is 0.257 e. The highest BCUT2D eigenvalue weighted by Gasteiger charge is 2.21. The topological polar surface area (TPSA) is 84.6 Å². The van der Waals surface area contributed by atoms with Gasteiger partial charge in [-0.05, 0) is 26.0 Å². The van der Waals surface area contributed by atoms with Crippen LogP contribution in [0.3, 0.4) is 0 Å². The van der Waals surface area contributed by atoms with Gasteiger partial charge in [0.25, 0.3) is 5.91 Å². The normalized spacial score (nSPS) is 10.1. The molecule has 0 saturated heterocycles. The summed E-state index contributed by atoms with van der Waals surface area (Å²) < 4.78 is 0. The summed E-state index contributed by atoms with van der Waals surface area (Å²) in [6.45, 7) is 3.99. The van der Waals surface area contributed by atoms with Crippen molar-refractivity contribution in [2.24, 2.45) is 0 Å². The average Bonchev–Trinajstić information content (AvgIpc) is 2.28. The van der Waals surface area contributed by atoms with E-state index in [9.17, 15) is 15.0 Å². The first-order chi connectivity index (χ1) is 8.47. The molecule has 2 N–H and O–H groups in total. The maximum Gasteiger partial charge on any atom is 0.257 e. The van der Waals surface area contributed by atoms with Crippen LogP contribution in [0.4, 0.5) is 0 Å². The van der Waals surface area contributed by atoms with E-state index in [1.807, 2.05) is 19.9 Å². The lowest BCUT2D eigenvalue weighted by molar-refractivity contribution is 0.0707. The molecule has 0 aliphatic carbocycles. The molecule has 0 aliphatic rings. The van der Waals surface area contributed by atoms with Crippen LogP contribution in [0.25, 0.3) is 0 Å². The molecule has 0 unspecified atom stereocenters. The molecule has 0 fully saturated rings. The van der Waals surface area contributed by atoms with Gasteiger partial charge in [-0.15, -0.1) is 0 Å². The first-order valence-electron chi connectivity index (χ1n) is 5.67. The van der Waals surface area contributed by atoms with E-state index < -0.39 is 0 Å². The summed E-state index contributed by atoms with van der Waals surface area (Å²) in [4.78, 5) is 13.7. The SMILES string of the molecule is CC(C)N(CCC#N)C(=O)c1ccc(O)cc1O. The van der Waals surface area contributed by atoms with Crippen molar-refractivity contribution < 1.29 is 15.0 Å². The minimum atomic E-state index is -0.349. The van der Waals surface area contributed by atoms with Gasteiger partial charge in [-0.3, -0.25) is 4.79 Å². The number of phenols is 2. The van der Waals surface area contributed by atoms with E-state index in [4.69, 9.17) is 5.26 Å². The van der Waals surface area contributed by atoms with Crippen LogP contribution in [-0.2, 0) is 0 Å². The van der Waals surface area contributed by atoms with Crippen molar-refractivity contribution in [1.29, 1.82) is 5.26 Å². The fourth-order valence-electron chi connectivity index (χ4n) is 1.62. The molecule has 0 spiro atoms. The van der Waals surface area contributed by atoms with Gasteiger partial charge in [-0.2, -0.15) is 5.26 Å². The molecule has 96 valence electrons. The molecule has 0 atom stereocenters. The number of benzene rings is 1. The second-order valence-electron chi connectivity index (χ2n) is 4.20. The first-order valence-corrected chi connectivity index (χ1v) is 5.67. The molecule has 0 aliphatic heterocycles. The third kappa shape index (κ3) is 3.14.